The monoisotopic (exact) mass is 223 g/mol. The van der Waals surface area contributed by atoms with E-state index in [1.54, 1.807) is 12.3 Å². The van der Waals surface area contributed by atoms with Crippen molar-refractivity contribution in [2.24, 2.45) is 5.92 Å². The number of carboxylic acids is 1. The topological polar surface area (TPSA) is 75.5 Å². The van der Waals surface area contributed by atoms with Crippen LogP contribution in [0, 0.1) is 5.92 Å². The summed E-state index contributed by atoms with van der Waals surface area (Å²) >= 11 is 0. The van der Waals surface area contributed by atoms with Gasteiger partial charge in [-0.2, -0.15) is 4.98 Å². The van der Waals surface area contributed by atoms with Gasteiger partial charge in [0.2, 0.25) is 0 Å². The quantitative estimate of drug-likeness (QED) is 0.796. The molecule has 1 fully saturated rings. The van der Waals surface area contributed by atoms with Gasteiger partial charge < -0.3 is 14.7 Å². The van der Waals surface area contributed by atoms with Crippen LogP contribution in [0.5, 0.6) is 6.01 Å². The first-order valence-corrected chi connectivity index (χ1v) is 5.03. The summed E-state index contributed by atoms with van der Waals surface area (Å²) in [4.78, 5) is 20.6. The van der Waals surface area contributed by atoms with Crippen molar-refractivity contribution in [3.8, 4) is 6.01 Å². The van der Waals surface area contributed by atoms with Crippen molar-refractivity contribution in [1.29, 1.82) is 0 Å². The summed E-state index contributed by atoms with van der Waals surface area (Å²) in [5.74, 6) is 0.261. The zero-order valence-electron chi connectivity index (χ0n) is 8.96. The SMILES string of the molecule is COc1nccc(N2CC(CC(=O)O)C2)n1. The maximum atomic E-state index is 10.5. The second-order valence-corrected chi connectivity index (χ2v) is 3.77. The maximum Gasteiger partial charge on any atom is 0.318 e. The van der Waals surface area contributed by atoms with Crippen LogP contribution in [0.15, 0.2) is 12.3 Å². The first kappa shape index (κ1) is 10.7. The molecule has 0 aliphatic carbocycles. The molecular weight excluding hydrogens is 210 g/mol. The number of carbonyl (C=O) groups is 1. The van der Waals surface area contributed by atoms with Gasteiger partial charge >= 0.3 is 12.0 Å². The van der Waals surface area contributed by atoms with Crippen molar-refractivity contribution in [2.45, 2.75) is 6.42 Å². The Morgan fingerprint density at radius 1 is 1.69 bits per heavy atom. The summed E-state index contributed by atoms with van der Waals surface area (Å²) in [6.07, 6.45) is 1.85. The Bertz CT molecular complexity index is 391. The van der Waals surface area contributed by atoms with E-state index in [2.05, 4.69) is 9.97 Å². The second-order valence-electron chi connectivity index (χ2n) is 3.77. The zero-order valence-corrected chi connectivity index (χ0v) is 8.96. The third-order valence-electron chi connectivity index (χ3n) is 2.55. The van der Waals surface area contributed by atoms with Crippen LogP contribution >= 0.6 is 0 Å². The Kier molecular flexibility index (Phi) is 2.89. The molecule has 86 valence electrons. The molecule has 1 N–H and O–H groups in total. The lowest BCUT2D eigenvalue weighted by Crippen LogP contribution is -2.48. The van der Waals surface area contributed by atoms with E-state index in [1.807, 2.05) is 4.90 Å². The second kappa shape index (κ2) is 4.34. The molecule has 0 aromatic carbocycles. The van der Waals surface area contributed by atoms with Crippen molar-refractivity contribution >= 4 is 11.8 Å². The van der Waals surface area contributed by atoms with Gasteiger partial charge in [-0.15, -0.1) is 0 Å². The van der Waals surface area contributed by atoms with Gasteiger partial charge in [0, 0.05) is 25.2 Å². The van der Waals surface area contributed by atoms with E-state index in [1.165, 1.54) is 7.11 Å². The van der Waals surface area contributed by atoms with Crippen LogP contribution in [-0.4, -0.2) is 41.2 Å². The molecule has 0 amide bonds. The lowest BCUT2D eigenvalue weighted by Gasteiger charge is -2.39. The van der Waals surface area contributed by atoms with Crippen LogP contribution in [0.3, 0.4) is 0 Å². The first-order valence-electron chi connectivity index (χ1n) is 5.03. The number of anilines is 1. The van der Waals surface area contributed by atoms with Crippen LogP contribution in [-0.2, 0) is 4.79 Å². The van der Waals surface area contributed by atoms with E-state index in [0.29, 0.717) is 6.01 Å². The number of aliphatic carboxylic acids is 1. The third kappa shape index (κ3) is 2.21. The predicted molar refractivity (Wildman–Crippen MR) is 56.5 cm³/mol. The molecule has 1 aromatic rings. The first-order chi connectivity index (χ1) is 7.69. The van der Waals surface area contributed by atoms with Crippen LogP contribution in [0.1, 0.15) is 6.42 Å². The largest absolute Gasteiger partial charge is 0.481 e. The Hall–Kier alpha value is -1.85. The molecule has 1 aromatic heterocycles. The molecule has 0 atom stereocenters. The summed E-state index contributed by atoms with van der Waals surface area (Å²) in [5.41, 5.74) is 0. The molecule has 2 heterocycles. The number of ether oxygens (including phenoxy) is 1. The highest BCUT2D eigenvalue weighted by molar-refractivity contribution is 5.67. The minimum atomic E-state index is -0.745. The van der Waals surface area contributed by atoms with Gasteiger partial charge in [0.1, 0.15) is 5.82 Å². The van der Waals surface area contributed by atoms with Gasteiger partial charge in [0.15, 0.2) is 0 Å². The predicted octanol–water partition coefficient (Wildman–Crippen LogP) is 0.396. The van der Waals surface area contributed by atoms with Crippen molar-refractivity contribution in [3.05, 3.63) is 12.3 Å². The lowest BCUT2D eigenvalue weighted by atomic mass is 9.96. The fourth-order valence-electron chi connectivity index (χ4n) is 1.74. The van der Waals surface area contributed by atoms with Crippen LogP contribution < -0.4 is 9.64 Å². The van der Waals surface area contributed by atoms with Crippen LogP contribution in [0.25, 0.3) is 0 Å². The molecular formula is C10H13N3O3. The fraction of sp³-hybridized carbons (Fsp3) is 0.500. The number of nitrogens with zero attached hydrogens (tertiary/aromatic N) is 3. The summed E-state index contributed by atoms with van der Waals surface area (Å²) in [5, 5.41) is 8.62. The molecule has 1 aliphatic heterocycles. The molecule has 2 rings (SSSR count). The smallest absolute Gasteiger partial charge is 0.318 e. The van der Waals surface area contributed by atoms with E-state index in [9.17, 15) is 4.79 Å². The van der Waals surface area contributed by atoms with Gasteiger partial charge in [-0.1, -0.05) is 0 Å². The number of methoxy groups -OCH3 is 1. The lowest BCUT2D eigenvalue weighted by molar-refractivity contribution is -0.138. The molecule has 6 nitrogen and oxygen atoms in total. The average molecular weight is 223 g/mol. The average Bonchev–Trinajstić information content (AvgIpc) is 2.22. The van der Waals surface area contributed by atoms with Crippen LogP contribution in [0.4, 0.5) is 5.82 Å². The standard InChI is InChI=1S/C10H13N3O3/c1-16-10-11-3-2-8(12-10)13-5-7(6-13)4-9(14)15/h2-3,7H,4-6H2,1H3,(H,14,15). The highest BCUT2D eigenvalue weighted by atomic mass is 16.5. The normalized spacial score (nSPS) is 15.7. The Morgan fingerprint density at radius 3 is 3.06 bits per heavy atom. The minimum Gasteiger partial charge on any atom is -0.481 e. The summed E-state index contributed by atoms with van der Waals surface area (Å²) < 4.78 is 4.92. The number of aromatic nitrogens is 2. The van der Waals surface area contributed by atoms with Gasteiger partial charge in [0.25, 0.3) is 0 Å². The van der Waals surface area contributed by atoms with E-state index in [0.717, 1.165) is 18.9 Å². The van der Waals surface area contributed by atoms with Crippen molar-refractivity contribution in [1.82, 2.24) is 9.97 Å². The fourth-order valence-corrected chi connectivity index (χ4v) is 1.74. The van der Waals surface area contributed by atoms with Crippen molar-refractivity contribution in [3.63, 3.8) is 0 Å². The van der Waals surface area contributed by atoms with E-state index < -0.39 is 5.97 Å². The van der Waals surface area contributed by atoms with Gasteiger partial charge in [0.05, 0.1) is 13.5 Å². The zero-order chi connectivity index (χ0) is 11.5. The molecule has 0 saturated carbocycles. The highest BCUT2D eigenvalue weighted by Gasteiger charge is 2.29. The number of hydrogen-bond acceptors (Lipinski definition) is 5. The summed E-state index contributed by atoms with van der Waals surface area (Å²) in [6.45, 7) is 1.46. The van der Waals surface area contributed by atoms with Gasteiger partial charge in [-0.3, -0.25) is 4.79 Å². The van der Waals surface area contributed by atoms with Crippen molar-refractivity contribution in [2.75, 3.05) is 25.1 Å². The third-order valence-corrected chi connectivity index (χ3v) is 2.55. The van der Waals surface area contributed by atoms with Gasteiger partial charge in [-0.05, 0) is 6.07 Å². The Morgan fingerprint density at radius 2 is 2.44 bits per heavy atom. The number of rotatable bonds is 4. The molecule has 6 heteroatoms. The summed E-state index contributed by atoms with van der Waals surface area (Å²) in [7, 11) is 1.52. The van der Waals surface area contributed by atoms with E-state index >= 15 is 0 Å². The number of carboxylic acid groups (broad SMARTS) is 1. The Balaban J connectivity index is 1.93. The van der Waals surface area contributed by atoms with Crippen LogP contribution in [0.2, 0.25) is 0 Å². The molecule has 1 aliphatic rings. The molecule has 0 unspecified atom stereocenters. The maximum absolute atomic E-state index is 10.5. The van der Waals surface area contributed by atoms with E-state index in [-0.39, 0.29) is 12.3 Å². The van der Waals surface area contributed by atoms with Crippen molar-refractivity contribution < 1.29 is 14.6 Å². The molecule has 0 bridgehead atoms. The summed E-state index contributed by atoms with van der Waals surface area (Å²) in [6, 6.07) is 2.12. The van der Waals surface area contributed by atoms with Gasteiger partial charge in [-0.25, -0.2) is 4.98 Å². The highest BCUT2D eigenvalue weighted by Crippen LogP contribution is 2.25. The Labute approximate surface area is 92.9 Å². The molecule has 0 radical (unpaired) electrons. The number of hydrogen-bond donors (Lipinski definition) is 1. The molecule has 0 spiro atoms. The molecule has 1 saturated heterocycles. The molecule has 16 heavy (non-hydrogen) atoms. The minimum absolute atomic E-state index is 0.221. The van der Waals surface area contributed by atoms with E-state index in [4.69, 9.17) is 9.84 Å².